The zero-order valence-electron chi connectivity index (χ0n) is 27.7. The van der Waals surface area contributed by atoms with Crippen LogP contribution in [0.2, 0.25) is 0 Å². The Morgan fingerprint density at radius 3 is 2.29 bits per heavy atom. The average molecular weight is 660 g/mol. The van der Waals surface area contributed by atoms with Crippen LogP contribution in [0.4, 0.5) is 10.6 Å². The number of aromatic nitrogens is 5. The van der Waals surface area contributed by atoms with E-state index < -0.39 is 5.60 Å². The van der Waals surface area contributed by atoms with Crippen molar-refractivity contribution in [1.29, 1.82) is 5.26 Å². The van der Waals surface area contributed by atoms with Gasteiger partial charge in [0.25, 0.3) is 5.91 Å². The molecule has 2 aliphatic heterocycles. The summed E-state index contributed by atoms with van der Waals surface area (Å²) in [7, 11) is 0. The van der Waals surface area contributed by atoms with Crippen molar-refractivity contribution < 1.29 is 18.8 Å². The molecule has 5 aromatic rings. The van der Waals surface area contributed by atoms with E-state index in [0.717, 1.165) is 35.5 Å². The lowest BCUT2D eigenvalue weighted by Crippen LogP contribution is -2.49. The quantitative estimate of drug-likeness (QED) is 0.241. The monoisotopic (exact) mass is 659 g/mol. The molecule has 0 atom stereocenters. The van der Waals surface area contributed by atoms with Crippen molar-refractivity contribution in [2.75, 3.05) is 44.2 Å². The molecule has 0 radical (unpaired) electrons. The molecule has 0 N–H and O–H groups in total. The van der Waals surface area contributed by atoms with E-state index in [0.29, 0.717) is 67.7 Å². The van der Waals surface area contributed by atoms with E-state index in [4.69, 9.17) is 19.2 Å². The fourth-order valence-corrected chi connectivity index (χ4v) is 6.42. The topological polar surface area (TPSA) is 146 Å². The molecule has 1 aromatic carbocycles. The molecule has 4 aromatic heterocycles. The molecule has 2 aliphatic rings. The molecular weight excluding hydrogens is 622 g/mol. The largest absolute Gasteiger partial charge is 0.444 e. The minimum absolute atomic E-state index is 0.143. The molecule has 13 heteroatoms. The van der Waals surface area contributed by atoms with Crippen LogP contribution in [-0.4, -0.2) is 91.4 Å². The van der Waals surface area contributed by atoms with Crippen molar-refractivity contribution in [3.05, 3.63) is 84.1 Å². The summed E-state index contributed by atoms with van der Waals surface area (Å²) in [5.74, 6) is 1.01. The molecule has 7 rings (SSSR count). The number of carbonyl (C=O) groups excluding carboxylic acids is 2. The summed E-state index contributed by atoms with van der Waals surface area (Å²) in [6, 6.07) is 16.1. The highest BCUT2D eigenvalue weighted by Gasteiger charge is 2.28. The summed E-state index contributed by atoms with van der Waals surface area (Å²) in [5, 5.41) is 18.1. The van der Waals surface area contributed by atoms with Gasteiger partial charge in [0.2, 0.25) is 0 Å². The number of nitriles is 1. The molecule has 2 fully saturated rings. The first-order valence-electron chi connectivity index (χ1n) is 16.4. The summed E-state index contributed by atoms with van der Waals surface area (Å²) in [5.41, 5.74) is 5.10. The van der Waals surface area contributed by atoms with E-state index in [1.54, 1.807) is 32.8 Å². The second-order valence-corrected chi connectivity index (χ2v) is 13.4. The smallest absolute Gasteiger partial charge is 0.410 e. The van der Waals surface area contributed by atoms with Gasteiger partial charge >= 0.3 is 6.09 Å². The molecule has 0 saturated carbocycles. The van der Waals surface area contributed by atoms with Crippen molar-refractivity contribution in [2.45, 2.75) is 45.1 Å². The van der Waals surface area contributed by atoms with Gasteiger partial charge in [-0.1, -0.05) is 29.4 Å². The van der Waals surface area contributed by atoms with Crippen LogP contribution in [0.5, 0.6) is 0 Å². The maximum Gasteiger partial charge on any atom is 0.410 e. The van der Waals surface area contributed by atoms with Crippen LogP contribution >= 0.6 is 0 Å². The van der Waals surface area contributed by atoms with Crippen LogP contribution in [0, 0.1) is 11.3 Å². The number of hydrogen-bond acceptors (Lipinski definition) is 10. The van der Waals surface area contributed by atoms with E-state index in [1.807, 2.05) is 39.1 Å². The van der Waals surface area contributed by atoms with E-state index in [1.165, 1.54) is 11.8 Å². The Kier molecular flexibility index (Phi) is 8.46. The number of benzene rings is 1. The number of carbonyl (C=O) groups is 2. The number of pyridine rings is 1. The SMILES string of the molecule is CC(C)(C)OC(=O)N1CCC(c2ccc(-c3cn4ncc(C#N)c4c(-c4ccc(N5CCN(C(=O)c6ccon6)CC5)nc4)n3)cc2)CC1. The number of hydrogen-bond donors (Lipinski definition) is 0. The lowest BCUT2D eigenvalue weighted by molar-refractivity contribution is 0.0204. The number of nitrogens with zero attached hydrogens (tertiary/aromatic N) is 9. The van der Waals surface area contributed by atoms with Crippen molar-refractivity contribution >= 4 is 23.3 Å². The minimum atomic E-state index is -0.507. The third kappa shape index (κ3) is 6.67. The van der Waals surface area contributed by atoms with Gasteiger partial charge in [0.15, 0.2) is 5.69 Å². The normalized spacial score (nSPS) is 15.8. The Labute approximate surface area is 283 Å². The predicted molar refractivity (Wildman–Crippen MR) is 181 cm³/mol. The van der Waals surface area contributed by atoms with Crippen LogP contribution in [0.15, 0.2) is 71.8 Å². The number of piperidine rings is 1. The zero-order valence-corrected chi connectivity index (χ0v) is 27.7. The highest BCUT2D eigenvalue weighted by atomic mass is 16.6. The van der Waals surface area contributed by atoms with E-state index in [9.17, 15) is 14.9 Å². The standard InChI is InChI=1S/C36H37N9O4/c1-36(2,3)49-35(47)44-13-10-25(11-14-44)24-4-6-26(7-5-24)30-23-45-33(28(20-37)22-39-45)32(40-30)27-8-9-31(38-21-27)42-15-17-43(18-16-42)34(46)29-12-19-48-41-29/h4-9,12,19,21-23,25H,10-11,13-18H2,1-3H3. The molecule has 250 valence electrons. The second kappa shape index (κ2) is 13.0. The number of amides is 2. The van der Waals surface area contributed by atoms with Crippen LogP contribution in [0.25, 0.3) is 28.0 Å². The Morgan fingerprint density at radius 1 is 0.918 bits per heavy atom. The first kappa shape index (κ1) is 31.8. The van der Waals surface area contributed by atoms with Crippen LogP contribution in [-0.2, 0) is 4.74 Å². The molecule has 0 bridgehead atoms. The molecule has 0 aliphatic carbocycles. The number of ether oxygens (including phenoxy) is 1. The lowest BCUT2D eigenvalue weighted by Gasteiger charge is -2.35. The molecule has 0 unspecified atom stereocenters. The van der Waals surface area contributed by atoms with E-state index >= 15 is 0 Å². The first-order valence-corrected chi connectivity index (χ1v) is 16.4. The summed E-state index contributed by atoms with van der Waals surface area (Å²) in [6.45, 7) is 9.34. The second-order valence-electron chi connectivity index (χ2n) is 13.4. The number of likely N-dealkylation sites (tertiary alicyclic amines) is 1. The average Bonchev–Trinajstić information content (AvgIpc) is 3.81. The summed E-state index contributed by atoms with van der Waals surface area (Å²) in [4.78, 5) is 40.6. The fraction of sp³-hybridized carbons (Fsp3) is 0.361. The van der Waals surface area contributed by atoms with Gasteiger partial charge in [-0.25, -0.2) is 19.3 Å². The highest BCUT2D eigenvalue weighted by molar-refractivity contribution is 5.92. The van der Waals surface area contributed by atoms with Crippen LogP contribution in [0.1, 0.15) is 61.1 Å². The van der Waals surface area contributed by atoms with Gasteiger partial charge in [0, 0.05) is 62.7 Å². The van der Waals surface area contributed by atoms with E-state index in [-0.39, 0.29) is 12.0 Å². The molecule has 49 heavy (non-hydrogen) atoms. The molecule has 2 amide bonds. The van der Waals surface area contributed by atoms with Crippen LogP contribution in [0.3, 0.4) is 0 Å². The van der Waals surface area contributed by atoms with Gasteiger partial charge in [-0.3, -0.25) is 4.79 Å². The molecule has 13 nitrogen and oxygen atoms in total. The lowest BCUT2D eigenvalue weighted by atomic mass is 9.89. The number of rotatable bonds is 5. The highest BCUT2D eigenvalue weighted by Crippen LogP contribution is 2.33. The molecule has 0 spiro atoms. The van der Waals surface area contributed by atoms with Crippen molar-refractivity contribution in [2.24, 2.45) is 0 Å². The Balaban J connectivity index is 1.07. The summed E-state index contributed by atoms with van der Waals surface area (Å²) >= 11 is 0. The maximum atomic E-state index is 12.6. The molecule has 2 saturated heterocycles. The Hall–Kier alpha value is -5.77. The van der Waals surface area contributed by atoms with Gasteiger partial charge in [-0.05, 0) is 57.2 Å². The van der Waals surface area contributed by atoms with Crippen molar-refractivity contribution in [1.82, 2.24) is 34.5 Å². The van der Waals surface area contributed by atoms with Gasteiger partial charge in [0.05, 0.1) is 23.8 Å². The number of anilines is 1. The fourth-order valence-electron chi connectivity index (χ4n) is 6.42. The maximum absolute atomic E-state index is 12.6. The van der Waals surface area contributed by atoms with Crippen molar-refractivity contribution in [3.8, 4) is 28.6 Å². The number of piperazine rings is 1. The summed E-state index contributed by atoms with van der Waals surface area (Å²) < 4.78 is 12.1. The Morgan fingerprint density at radius 2 is 1.65 bits per heavy atom. The predicted octanol–water partition coefficient (Wildman–Crippen LogP) is 5.39. The third-order valence-electron chi connectivity index (χ3n) is 9.01. The van der Waals surface area contributed by atoms with Gasteiger partial charge < -0.3 is 24.0 Å². The zero-order chi connectivity index (χ0) is 34.1. The van der Waals surface area contributed by atoms with Gasteiger partial charge in [-0.2, -0.15) is 10.4 Å². The van der Waals surface area contributed by atoms with Gasteiger partial charge in [-0.15, -0.1) is 0 Å². The first-order chi connectivity index (χ1) is 23.7. The van der Waals surface area contributed by atoms with Gasteiger partial charge in [0.1, 0.15) is 34.8 Å². The number of fused-ring (bicyclic) bond motifs is 1. The van der Waals surface area contributed by atoms with Crippen molar-refractivity contribution in [3.63, 3.8) is 0 Å². The van der Waals surface area contributed by atoms with Crippen LogP contribution < -0.4 is 4.90 Å². The summed E-state index contributed by atoms with van der Waals surface area (Å²) in [6.07, 6.45) is 8.06. The van der Waals surface area contributed by atoms with E-state index in [2.05, 4.69) is 45.5 Å². The molecular formula is C36H37N9O4. The minimum Gasteiger partial charge on any atom is -0.444 e. The third-order valence-corrected chi connectivity index (χ3v) is 9.01. The molecule has 6 heterocycles. The Bertz CT molecular complexity index is 1990.